The second kappa shape index (κ2) is 7.60. The van der Waals surface area contributed by atoms with E-state index in [0.29, 0.717) is 0 Å². The van der Waals surface area contributed by atoms with E-state index in [1.807, 2.05) is 0 Å². The summed E-state index contributed by atoms with van der Waals surface area (Å²) in [5.74, 6) is 0. The Labute approximate surface area is 135 Å². The van der Waals surface area contributed by atoms with Crippen molar-refractivity contribution in [2.75, 3.05) is 0 Å². The van der Waals surface area contributed by atoms with E-state index in [9.17, 15) is 0 Å². The first kappa shape index (κ1) is 15.3. The van der Waals surface area contributed by atoms with Crippen LogP contribution in [-0.4, -0.2) is 22.7 Å². The predicted molar refractivity (Wildman–Crippen MR) is 91.2 cm³/mol. The first-order valence-corrected chi connectivity index (χ1v) is 12.3. The fourth-order valence-electron chi connectivity index (χ4n) is 2.31. The summed E-state index contributed by atoms with van der Waals surface area (Å²) in [5.41, 5.74) is 0. The van der Waals surface area contributed by atoms with Gasteiger partial charge in [-0.2, -0.15) is 0 Å². The quantitative estimate of drug-likeness (QED) is 0.512. The van der Waals surface area contributed by atoms with E-state index < -0.39 is 22.7 Å². The number of benzene rings is 3. The standard InChI is InChI=1S/3C6H5.ClH.Pb/c3*1-2-4-6-5-3-1;;/h3*1-5H;1H;. The van der Waals surface area contributed by atoms with Gasteiger partial charge >= 0.3 is 123 Å². The summed E-state index contributed by atoms with van der Waals surface area (Å²) in [5, 5.41) is 0. The molecule has 0 amide bonds. The van der Waals surface area contributed by atoms with E-state index in [1.54, 1.807) is 9.37 Å². The fourth-order valence-corrected chi connectivity index (χ4v) is 12.3. The Morgan fingerprint density at radius 3 is 0.900 bits per heavy atom. The molecule has 20 heavy (non-hydrogen) atoms. The van der Waals surface area contributed by atoms with Crippen LogP contribution >= 0.6 is 12.4 Å². The predicted octanol–water partition coefficient (Wildman–Crippen LogP) is 2.62. The summed E-state index contributed by atoms with van der Waals surface area (Å²) in [6.45, 7) is 0. The average Bonchev–Trinajstić information content (AvgIpc) is 2.51. The van der Waals surface area contributed by atoms with E-state index in [1.165, 1.54) is 0 Å². The molecule has 1 radical (unpaired) electrons. The van der Waals surface area contributed by atoms with Crippen LogP contribution in [0.2, 0.25) is 0 Å². The van der Waals surface area contributed by atoms with Crippen molar-refractivity contribution in [1.82, 2.24) is 0 Å². The zero-order valence-electron chi connectivity index (χ0n) is 11.1. The van der Waals surface area contributed by atoms with Crippen molar-refractivity contribution in [2.24, 2.45) is 0 Å². The minimum atomic E-state index is -2.17. The van der Waals surface area contributed by atoms with Gasteiger partial charge in [-0.15, -0.1) is 12.4 Å². The van der Waals surface area contributed by atoms with Gasteiger partial charge in [-0.05, 0) is 0 Å². The maximum absolute atomic E-state index is 2.29. The molecule has 0 saturated carbocycles. The van der Waals surface area contributed by atoms with Crippen LogP contribution in [0.3, 0.4) is 0 Å². The molecule has 99 valence electrons. The van der Waals surface area contributed by atoms with Gasteiger partial charge in [0, 0.05) is 0 Å². The Balaban J connectivity index is 0.00000147. The molecular formula is C18H16ClPb. The second-order valence-electron chi connectivity index (χ2n) is 4.47. The molecular weight excluding hydrogens is 459 g/mol. The number of hydrogen-bond acceptors (Lipinski definition) is 0. The van der Waals surface area contributed by atoms with Crippen molar-refractivity contribution < 1.29 is 0 Å². The summed E-state index contributed by atoms with van der Waals surface area (Å²) in [6, 6.07) is 33.0. The number of halogens is 1. The molecule has 0 aromatic heterocycles. The van der Waals surface area contributed by atoms with E-state index in [0.717, 1.165) is 0 Å². The molecule has 3 aromatic rings. The third-order valence-corrected chi connectivity index (χ3v) is 13.8. The fraction of sp³-hybridized carbons (Fsp3) is 0. The number of rotatable bonds is 3. The van der Waals surface area contributed by atoms with Gasteiger partial charge < -0.3 is 0 Å². The topological polar surface area (TPSA) is 0 Å². The monoisotopic (exact) mass is 475 g/mol. The van der Waals surface area contributed by atoms with Gasteiger partial charge in [-0.25, -0.2) is 0 Å². The van der Waals surface area contributed by atoms with Crippen molar-refractivity contribution >= 4 is 44.5 Å². The summed E-state index contributed by atoms with van der Waals surface area (Å²) in [6.07, 6.45) is 0. The Morgan fingerprint density at radius 1 is 0.400 bits per heavy atom. The second-order valence-corrected chi connectivity index (χ2v) is 14.1. The van der Waals surface area contributed by atoms with Crippen molar-refractivity contribution in [3.05, 3.63) is 91.0 Å². The number of hydrogen-bond donors (Lipinski definition) is 0. The van der Waals surface area contributed by atoms with Crippen molar-refractivity contribution in [3.63, 3.8) is 0 Å². The van der Waals surface area contributed by atoms with E-state index in [2.05, 4.69) is 91.0 Å². The molecule has 0 atom stereocenters. The van der Waals surface area contributed by atoms with Gasteiger partial charge in [0.2, 0.25) is 0 Å². The van der Waals surface area contributed by atoms with Crippen LogP contribution in [0.15, 0.2) is 91.0 Å². The summed E-state index contributed by atoms with van der Waals surface area (Å²) in [4.78, 5) is 0. The minimum absolute atomic E-state index is 0. The summed E-state index contributed by atoms with van der Waals surface area (Å²) < 4.78 is 4.64. The van der Waals surface area contributed by atoms with Gasteiger partial charge in [0.05, 0.1) is 0 Å². The van der Waals surface area contributed by atoms with Crippen LogP contribution in [0.1, 0.15) is 0 Å². The van der Waals surface area contributed by atoms with Crippen LogP contribution in [0.5, 0.6) is 0 Å². The Bertz CT molecular complexity index is 529. The molecule has 3 rings (SSSR count). The molecule has 0 unspecified atom stereocenters. The van der Waals surface area contributed by atoms with E-state index >= 15 is 0 Å². The van der Waals surface area contributed by atoms with Crippen LogP contribution < -0.4 is 9.37 Å². The molecule has 2 heteroatoms. The SMILES string of the molecule is Cl.c1cc[c]([Pb]([c]2ccccc2)[c]2ccccc2)cc1. The molecule has 0 saturated heterocycles. The molecule has 0 spiro atoms. The van der Waals surface area contributed by atoms with Crippen LogP contribution in [0.4, 0.5) is 0 Å². The average molecular weight is 475 g/mol. The Kier molecular flexibility index (Phi) is 5.80. The first-order valence-electron chi connectivity index (χ1n) is 6.48. The first-order chi connectivity index (χ1) is 9.45. The van der Waals surface area contributed by atoms with Gasteiger partial charge in [-0.1, -0.05) is 0 Å². The van der Waals surface area contributed by atoms with E-state index in [4.69, 9.17) is 0 Å². The maximum atomic E-state index is 2.29. The normalized spacial score (nSPS) is 10.1. The Morgan fingerprint density at radius 2 is 0.650 bits per heavy atom. The molecule has 3 aromatic carbocycles. The van der Waals surface area contributed by atoms with Crippen molar-refractivity contribution in [1.29, 1.82) is 0 Å². The molecule has 0 aliphatic carbocycles. The molecule has 0 nitrogen and oxygen atoms in total. The molecule has 0 heterocycles. The molecule has 0 N–H and O–H groups in total. The van der Waals surface area contributed by atoms with Crippen molar-refractivity contribution in [3.8, 4) is 0 Å². The van der Waals surface area contributed by atoms with Gasteiger partial charge in [-0.3, -0.25) is 0 Å². The molecule has 0 aliphatic heterocycles. The molecule has 0 bridgehead atoms. The summed E-state index contributed by atoms with van der Waals surface area (Å²) >= 11 is -2.17. The van der Waals surface area contributed by atoms with E-state index in [-0.39, 0.29) is 12.4 Å². The van der Waals surface area contributed by atoms with Gasteiger partial charge in [0.1, 0.15) is 0 Å². The van der Waals surface area contributed by atoms with Crippen molar-refractivity contribution in [2.45, 2.75) is 0 Å². The Hall–Kier alpha value is -1.13. The van der Waals surface area contributed by atoms with Crippen LogP contribution in [0, 0.1) is 0 Å². The third-order valence-electron chi connectivity index (χ3n) is 3.19. The van der Waals surface area contributed by atoms with Crippen LogP contribution in [-0.2, 0) is 0 Å². The zero-order chi connectivity index (χ0) is 12.9. The molecule has 0 aliphatic rings. The summed E-state index contributed by atoms with van der Waals surface area (Å²) in [7, 11) is 0. The van der Waals surface area contributed by atoms with Gasteiger partial charge in [0.15, 0.2) is 0 Å². The zero-order valence-corrected chi connectivity index (χ0v) is 15.8. The third kappa shape index (κ3) is 3.50. The van der Waals surface area contributed by atoms with Gasteiger partial charge in [0.25, 0.3) is 0 Å². The molecule has 0 fully saturated rings. The van der Waals surface area contributed by atoms with Crippen LogP contribution in [0.25, 0.3) is 0 Å².